The molecular weight excluding hydrogens is 383 g/mol. The SMILES string of the molecule is O=C([O-])[C@H]1CCCC[C@H]1C(=O)Nc1nc(-c2ccc(Cl)cc2Cl)cs1. The molecule has 0 aliphatic heterocycles. The van der Waals surface area contributed by atoms with Crippen molar-refractivity contribution < 1.29 is 14.7 Å². The number of hydrogen-bond donors (Lipinski definition) is 1. The largest absolute Gasteiger partial charge is 0.550 e. The summed E-state index contributed by atoms with van der Waals surface area (Å²) in [4.78, 5) is 28.1. The summed E-state index contributed by atoms with van der Waals surface area (Å²) in [6, 6.07) is 5.11. The van der Waals surface area contributed by atoms with Gasteiger partial charge in [0, 0.05) is 33.8 Å². The Labute approximate surface area is 159 Å². The van der Waals surface area contributed by atoms with Crippen LogP contribution in [0.2, 0.25) is 10.0 Å². The van der Waals surface area contributed by atoms with Gasteiger partial charge in [-0.1, -0.05) is 36.0 Å². The third-order valence-electron chi connectivity index (χ3n) is 4.35. The number of nitrogens with one attached hydrogen (secondary N) is 1. The van der Waals surface area contributed by atoms with Gasteiger partial charge in [-0.25, -0.2) is 4.98 Å². The molecule has 25 heavy (non-hydrogen) atoms. The molecule has 1 aromatic carbocycles. The number of hydrogen-bond acceptors (Lipinski definition) is 5. The molecule has 1 saturated carbocycles. The summed E-state index contributed by atoms with van der Waals surface area (Å²) in [5.74, 6) is -2.80. The summed E-state index contributed by atoms with van der Waals surface area (Å²) in [6.07, 6.45) is 2.67. The zero-order valence-corrected chi connectivity index (χ0v) is 15.5. The van der Waals surface area contributed by atoms with E-state index < -0.39 is 17.8 Å². The highest BCUT2D eigenvalue weighted by Gasteiger charge is 2.32. The van der Waals surface area contributed by atoms with Crippen molar-refractivity contribution in [2.75, 3.05) is 5.32 Å². The number of aliphatic carboxylic acids is 1. The van der Waals surface area contributed by atoms with E-state index in [2.05, 4.69) is 10.3 Å². The number of thiazole rings is 1. The summed E-state index contributed by atoms with van der Waals surface area (Å²) in [6.45, 7) is 0. The van der Waals surface area contributed by atoms with Crippen LogP contribution in [0.15, 0.2) is 23.6 Å². The van der Waals surface area contributed by atoms with Crippen LogP contribution in [0.25, 0.3) is 11.3 Å². The summed E-state index contributed by atoms with van der Waals surface area (Å²) in [5.41, 5.74) is 1.34. The molecule has 2 aromatic rings. The monoisotopic (exact) mass is 397 g/mol. The predicted molar refractivity (Wildman–Crippen MR) is 96.7 cm³/mol. The lowest BCUT2D eigenvalue weighted by Crippen LogP contribution is -2.42. The number of carboxylic acid groups (broad SMARTS) is 1. The van der Waals surface area contributed by atoms with E-state index in [1.807, 2.05) is 0 Å². The van der Waals surface area contributed by atoms with E-state index >= 15 is 0 Å². The lowest BCUT2D eigenvalue weighted by Gasteiger charge is -2.30. The Bertz CT molecular complexity index is 809. The van der Waals surface area contributed by atoms with E-state index in [0.717, 1.165) is 12.8 Å². The third-order valence-corrected chi connectivity index (χ3v) is 5.65. The van der Waals surface area contributed by atoms with E-state index in [-0.39, 0.29) is 5.91 Å². The number of carboxylic acids is 1. The van der Waals surface area contributed by atoms with E-state index in [0.29, 0.717) is 39.3 Å². The first-order valence-electron chi connectivity index (χ1n) is 7.88. The van der Waals surface area contributed by atoms with Gasteiger partial charge in [-0.05, 0) is 31.0 Å². The maximum atomic E-state index is 12.5. The average molecular weight is 398 g/mol. The average Bonchev–Trinajstić information content (AvgIpc) is 3.02. The molecule has 2 atom stereocenters. The second kappa shape index (κ2) is 7.72. The van der Waals surface area contributed by atoms with Crippen molar-refractivity contribution in [3.8, 4) is 11.3 Å². The van der Waals surface area contributed by atoms with Crippen molar-refractivity contribution in [2.45, 2.75) is 25.7 Å². The molecule has 1 N–H and O–H groups in total. The minimum Gasteiger partial charge on any atom is -0.550 e. The van der Waals surface area contributed by atoms with Gasteiger partial charge in [-0.15, -0.1) is 11.3 Å². The number of amides is 1. The van der Waals surface area contributed by atoms with Crippen LogP contribution >= 0.6 is 34.5 Å². The van der Waals surface area contributed by atoms with Gasteiger partial charge in [-0.3, -0.25) is 4.79 Å². The molecule has 0 saturated heterocycles. The summed E-state index contributed by atoms with van der Waals surface area (Å²) >= 11 is 13.3. The molecule has 1 amide bonds. The van der Waals surface area contributed by atoms with Crippen molar-refractivity contribution in [1.82, 2.24) is 4.98 Å². The van der Waals surface area contributed by atoms with Gasteiger partial charge in [-0.2, -0.15) is 0 Å². The number of rotatable bonds is 4. The van der Waals surface area contributed by atoms with E-state index in [4.69, 9.17) is 23.2 Å². The lowest BCUT2D eigenvalue weighted by atomic mass is 9.79. The highest BCUT2D eigenvalue weighted by atomic mass is 35.5. The second-order valence-corrected chi connectivity index (χ2v) is 7.67. The van der Waals surface area contributed by atoms with Crippen LogP contribution in [0.5, 0.6) is 0 Å². The van der Waals surface area contributed by atoms with Gasteiger partial charge in [0.05, 0.1) is 10.7 Å². The standard InChI is InChI=1S/C17H16Cl2N2O3S/c18-9-5-6-12(13(19)7-9)14-8-25-17(20-14)21-15(22)10-3-1-2-4-11(10)16(23)24/h5-8,10-11H,1-4H2,(H,23,24)(H,20,21,22)/p-1/t10-,11+/m1/s1. The fourth-order valence-corrected chi connectivity index (χ4v) is 4.30. The number of benzene rings is 1. The molecule has 132 valence electrons. The number of anilines is 1. The zero-order chi connectivity index (χ0) is 18.0. The maximum absolute atomic E-state index is 12.5. The smallest absolute Gasteiger partial charge is 0.229 e. The molecule has 8 heteroatoms. The minimum absolute atomic E-state index is 0.322. The van der Waals surface area contributed by atoms with Crippen LogP contribution in [0.3, 0.4) is 0 Å². The van der Waals surface area contributed by atoms with Gasteiger partial charge < -0.3 is 15.2 Å². The van der Waals surface area contributed by atoms with Gasteiger partial charge in [0.1, 0.15) is 0 Å². The Hall–Kier alpha value is -1.63. The minimum atomic E-state index is -1.16. The van der Waals surface area contributed by atoms with Crippen LogP contribution in [0.1, 0.15) is 25.7 Å². The first-order chi connectivity index (χ1) is 12.0. The number of carbonyl (C=O) groups is 2. The van der Waals surface area contributed by atoms with E-state index in [9.17, 15) is 14.7 Å². The zero-order valence-electron chi connectivity index (χ0n) is 13.1. The second-order valence-electron chi connectivity index (χ2n) is 5.97. The van der Waals surface area contributed by atoms with Crippen LogP contribution in [-0.4, -0.2) is 16.9 Å². The number of carbonyl (C=O) groups excluding carboxylic acids is 2. The van der Waals surface area contributed by atoms with E-state index in [1.165, 1.54) is 11.3 Å². The van der Waals surface area contributed by atoms with Crippen molar-refractivity contribution in [1.29, 1.82) is 0 Å². The fraction of sp³-hybridized carbons (Fsp3) is 0.353. The molecule has 5 nitrogen and oxygen atoms in total. The van der Waals surface area contributed by atoms with Crippen LogP contribution in [0, 0.1) is 11.8 Å². The normalized spacial score (nSPS) is 20.2. The predicted octanol–water partition coefficient (Wildman–Crippen LogP) is 3.61. The van der Waals surface area contributed by atoms with E-state index in [1.54, 1.807) is 23.6 Å². The number of halogens is 2. The molecule has 0 radical (unpaired) electrons. The highest BCUT2D eigenvalue weighted by Crippen LogP contribution is 2.34. The first-order valence-corrected chi connectivity index (χ1v) is 9.52. The molecule has 0 unspecified atom stereocenters. The highest BCUT2D eigenvalue weighted by molar-refractivity contribution is 7.14. The van der Waals surface area contributed by atoms with Crippen LogP contribution in [0.4, 0.5) is 5.13 Å². The Balaban J connectivity index is 1.74. The van der Waals surface area contributed by atoms with Crippen molar-refractivity contribution in [2.24, 2.45) is 11.8 Å². The maximum Gasteiger partial charge on any atom is 0.229 e. The Morgan fingerprint density at radius 1 is 1.20 bits per heavy atom. The van der Waals surface area contributed by atoms with Gasteiger partial charge >= 0.3 is 0 Å². The third kappa shape index (κ3) is 4.14. The topological polar surface area (TPSA) is 82.1 Å². The first kappa shape index (κ1) is 18.2. The Morgan fingerprint density at radius 2 is 1.92 bits per heavy atom. The van der Waals surface area contributed by atoms with Gasteiger partial charge in [0.2, 0.25) is 5.91 Å². The van der Waals surface area contributed by atoms with Crippen LogP contribution < -0.4 is 10.4 Å². The van der Waals surface area contributed by atoms with Crippen molar-refractivity contribution in [3.05, 3.63) is 33.6 Å². The Kier molecular flexibility index (Phi) is 5.61. The molecule has 1 heterocycles. The summed E-state index contributed by atoms with van der Waals surface area (Å²) < 4.78 is 0. The summed E-state index contributed by atoms with van der Waals surface area (Å²) in [7, 11) is 0. The summed E-state index contributed by atoms with van der Waals surface area (Å²) in [5, 5.41) is 17.2. The Morgan fingerprint density at radius 3 is 2.60 bits per heavy atom. The molecule has 1 fully saturated rings. The molecule has 1 aliphatic carbocycles. The number of nitrogens with zero attached hydrogens (tertiary/aromatic N) is 1. The lowest BCUT2D eigenvalue weighted by molar-refractivity contribution is -0.313. The van der Waals surface area contributed by atoms with Gasteiger partial charge in [0.15, 0.2) is 5.13 Å². The van der Waals surface area contributed by atoms with Gasteiger partial charge in [0.25, 0.3) is 0 Å². The molecule has 0 spiro atoms. The van der Waals surface area contributed by atoms with Crippen molar-refractivity contribution >= 4 is 51.5 Å². The van der Waals surface area contributed by atoms with Crippen LogP contribution in [-0.2, 0) is 9.59 Å². The fourth-order valence-electron chi connectivity index (χ4n) is 3.08. The molecule has 0 bridgehead atoms. The number of aromatic nitrogens is 1. The molecule has 3 rings (SSSR count). The van der Waals surface area contributed by atoms with Crippen molar-refractivity contribution in [3.63, 3.8) is 0 Å². The molecular formula is C17H15Cl2N2O3S-. The molecule has 1 aliphatic rings. The quantitative estimate of drug-likeness (QED) is 0.853. The molecule has 1 aromatic heterocycles.